The lowest BCUT2D eigenvalue weighted by Gasteiger charge is -2.18. The van der Waals surface area contributed by atoms with Crippen molar-refractivity contribution in [1.82, 2.24) is 15.6 Å². The quantitative estimate of drug-likeness (QED) is 0.599. The number of nitrogens with zero attached hydrogens (tertiary/aromatic N) is 2. The van der Waals surface area contributed by atoms with Gasteiger partial charge in [-0.1, -0.05) is 13.8 Å². The van der Waals surface area contributed by atoms with E-state index in [1.165, 1.54) is 17.7 Å². The molecule has 0 bridgehead atoms. The van der Waals surface area contributed by atoms with Crippen LogP contribution in [0.2, 0.25) is 0 Å². The second kappa shape index (κ2) is 8.95. The summed E-state index contributed by atoms with van der Waals surface area (Å²) < 4.78 is 0. The van der Waals surface area contributed by atoms with Crippen LogP contribution in [-0.4, -0.2) is 23.5 Å². The van der Waals surface area contributed by atoms with Gasteiger partial charge in [0.05, 0.1) is 6.54 Å². The van der Waals surface area contributed by atoms with Crippen molar-refractivity contribution in [2.75, 3.05) is 6.54 Å². The number of aliphatic imine (C=N–C) groups is 1. The average molecular weight is 296 g/mol. The maximum atomic E-state index is 4.61. The standard InChI is InChI=1S/C15H28N4S/c1-6-16-15(19-12(4)8-7-11(2)3)18-10-14-17-9-13(5)20-14/h9,11-12H,6-8,10H2,1-5H3,(H2,16,18,19). The van der Waals surface area contributed by atoms with Gasteiger partial charge in [-0.2, -0.15) is 0 Å². The van der Waals surface area contributed by atoms with E-state index in [4.69, 9.17) is 0 Å². The van der Waals surface area contributed by atoms with E-state index in [1.807, 2.05) is 6.20 Å². The molecule has 1 atom stereocenters. The fourth-order valence-electron chi connectivity index (χ4n) is 1.83. The first-order chi connectivity index (χ1) is 9.51. The molecule has 0 spiro atoms. The van der Waals surface area contributed by atoms with Crippen LogP contribution in [0.4, 0.5) is 0 Å². The predicted molar refractivity (Wildman–Crippen MR) is 88.3 cm³/mol. The zero-order valence-electron chi connectivity index (χ0n) is 13.4. The molecule has 20 heavy (non-hydrogen) atoms. The van der Waals surface area contributed by atoms with E-state index >= 15 is 0 Å². The molecule has 2 N–H and O–H groups in total. The van der Waals surface area contributed by atoms with E-state index in [0.29, 0.717) is 12.6 Å². The van der Waals surface area contributed by atoms with Gasteiger partial charge in [-0.05, 0) is 39.5 Å². The fourth-order valence-corrected chi connectivity index (χ4v) is 2.54. The first-order valence-electron chi connectivity index (χ1n) is 7.47. The van der Waals surface area contributed by atoms with Crippen LogP contribution >= 0.6 is 11.3 Å². The summed E-state index contributed by atoms with van der Waals surface area (Å²) in [5.41, 5.74) is 0. The summed E-state index contributed by atoms with van der Waals surface area (Å²) in [5, 5.41) is 7.82. The monoisotopic (exact) mass is 296 g/mol. The van der Waals surface area contributed by atoms with E-state index in [-0.39, 0.29) is 0 Å². The van der Waals surface area contributed by atoms with Crippen LogP contribution in [0, 0.1) is 12.8 Å². The molecule has 0 aliphatic carbocycles. The van der Waals surface area contributed by atoms with E-state index in [9.17, 15) is 0 Å². The number of thiazole rings is 1. The summed E-state index contributed by atoms with van der Waals surface area (Å²) in [4.78, 5) is 10.2. The molecule has 1 rings (SSSR count). The van der Waals surface area contributed by atoms with Crippen molar-refractivity contribution in [3.8, 4) is 0 Å². The maximum absolute atomic E-state index is 4.61. The third kappa shape index (κ3) is 6.89. The molecular weight excluding hydrogens is 268 g/mol. The Balaban J connectivity index is 2.49. The second-order valence-corrected chi connectivity index (χ2v) is 6.90. The lowest BCUT2D eigenvalue weighted by molar-refractivity contribution is 0.489. The van der Waals surface area contributed by atoms with Gasteiger partial charge in [-0.3, -0.25) is 0 Å². The molecule has 114 valence electrons. The number of hydrogen-bond acceptors (Lipinski definition) is 3. The summed E-state index contributed by atoms with van der Waals surface area (Å²) in [6, 6.07) is 0.438. The molecule has 0 saturated carbocycles. The number of aryl methyl sites for hydroxylation is 1. The van der Waals surface area contributed by atoms with Crippen molar-refractivity contribution in [1.29, 1.82) is 0 Å². The molecule has 1 heterocycles. The number of guanidine groups is 1. The molecule has 1 aromatic rings. The van der Waals surface area contributed by atoms with E-state index in [2.05, 4.69) is 55.2 Å². The third-order valence-electron chi connectivity index (χ3n) is 2.95. The molecule has 0 fully saturated rings. The van der Waals surface area contributed by atoms with Crippen LogP contribution in [0.25, 0.3) is 0 Å². The van der Waals surface area contributed by atoms with Crippen LogP contribution in [0.15, 0.2) is 11.2 Å². The minimum Gasteiger partial charge on any atom is -0.357 e. The molecule has 0 aliphatic heterocycles. The summed E-state index contributed by atoms with van der Waals surface area (Å²) in [7, 11) is 0. The normalized spacial score (nSPS) is 13.6. The van der Waals surface area contributed by atoms with Gasteiger partial charge in [0.15, 0.2) is 5.96 Å². The smallest absolute Gasteiger partial charge is 0.191 e. The lowest BCUT2D eigenvalue weighted by Crippen LogP contribution is -2.42. The van der Waals surface area contributed by atoms with Crippen LogP contribution < -0.4 is 10.6 Å². The van der Waals surface area contributed by atoms with Crippen molar-refractivity contribution in [2.24, 2.45) is 10.9 Å². The van der Waals surface area contributed by atoms with Gasteiger partial charge < -0.3 is 10.6 Å². The summed E-state index contributed by atoms with van der Waals surface area (Å²) in [6.07, 6.45) is 4.30. The van der Waals surface area contributed by atoms with Crippen molar-refractivity contribution >= 4 is 17.3 Å². The van der Waals surface area contributed by atoms with Crippen molar-refractivity contribution in [3.63, 3.8) is 0 Å². The zero-order valence-corrected chi connectivity index (χ0v) is 14.2. The molecule has 1 aromatic heterocycles. The summed E-state index contributed by atoms with van der Waals surface area (Å²) in [6.45, 7) is 12.4. The molecule has 4 nitrogen and oxygen atoms in total. The minimum absolute atomic E-state index is 0.438. The topological polar surface area (TPSA) is 49.3 Å². The van der Waals surface area contributed by atoms with E-state index in [1.54, 1.807) is 11.3 Å². The van der Waals surface area contributed by atoms with Crippen LogP contribution in [-0.2, 0) is 6.54 Å². The van der Waals surface area contributed by atoms with Gasteiger partial charge in [0.25, 0.3) is 0 Å². The van der Waals surface area contributed by atoms with Gasteiger partial charge in [-0.15, -0.1) is 11.3 Å². The first-order valence-corrected chi connectivity index (χ1v) is 8.29. The highest BCUT2D eigenvalue weighted by atomic mass is 32.1. The first kappa shape index (κ1) is 17.0. The highest BCUT2D eigenvalue weighted by Gasteiger charge is 2.06. The number of aromatic nitrogens is 1. The Labute approximate surface area is 127 Å². The summed E-state index contributed by atoms with van der Waals surface area (Å²) in [5.74, 6) is 1.63. The lowest BCUT2D eigenvalue weighted by atomic mass is 10.0. The number of rotatable bonds is 7. The highest BCUT2D eigenvalue weighted by Crippen LogP contribution is 2.12. The van der Waals surface area contributed by atoms with Crippen LogP contribution in [0.3, 0.4) is 0 Å². The minimum atomic E-state index is 0.438. The Morgan fingerprint density at radius 2 is 2.10 bits per heavy atom. The van der Waals surface area contributed by atoms with Gasteiger partial charge in [0.2, 0.25) is 0 Å². The van der Waals surface area contributed by atoms with Gasteiger partial charge in [-0.25, -0.2) is 9.98 Å². The third-order valence-corrected chi connectivity index (χ3v) is 3.84. The predicted octanol–water partition coefficient (Wildman–Crippen LogP) is 3.33. The number of nitrogens with one attached hydrogen (secondary N) is 2. The maximum Gasteiger partial charge on any atom is 0.191 e. The average Bonchev–Trinajstić information content (AvgIpc) is 2.80. The Kier molecular flexibility index (Phi) is 7.59. The molecule has 5 heteroatoms. The Bertz CT molecular complexity index is 412. The molecule has 0 aliphatic rings. The fraction of sp³-hybridized carbons (Fsp3) is 0.733. The summed E-state index contributed by atoms with van der Waals surface area (Å²) >= 11 is 1.71. The molecule has 0 radical (unpaired) electrons. The van der Waals surface area contributed by atoms with Crippen molar-refractivity contribution in [3.05, 3.63) is 16.1 Å². The molecular formula is C15H28N4S. The van der Waals surface area contributed by atoms with E-state index < -0.39 is 0 Å². The largest absolute Gasteiger partial charge is 0.357 e. The van der Waals surface area contributed by atoms with Crippen LogP contribution in [0.5, 0.6) is 0 Å². The van der Waals surface area contributed by atoms with Gasteiger partial charge >= 0.3 is 0 Å². The van der Waals surface area contributed by atoms with E-state index in [0.717, 1.165) is 23.4 Å². The Morgan fingerprint density at radius 3 is 2.65 bits per heavy atom. The SMILES string of the molecule is CCNC(=NCc1ncc(C)s1)NC(C)CCC(C)C. The van der Waals surface area contributed by atoms with Gasteiger partial charge in [0.1, 0.15) is 5.01 Å². The molecule has 0 amide bonds. The van der Waals surface area contributed by atoms with Crippen molar-refractivity contribution in [2.45, 2.75) is 60.0 Å². The molecule has 0 aromatic carbocycles. The second-order valence-electron chi connectivity index (χ2n) is 5.58. The molecule has 1 unspecified atom stereocenters. The van der Waals surface area contributed by atoms with Gasteiger partial charge in [0, 0.05) is 23.7 Å². The Morgan fingerprint density at radius 1 is 1.35 bits per heavy atom. The highest BCUT2D eigenvalue weighted by molar-refractivity contribution is 7.11. The molecule has 0 saturated heterocycles. The van der Waals surface area contributed by atoms with Crippen molar-refractivity contribution < 1.29 is 0 Å². The number of hydrogen-bond donors (Lipinski definition) is 2. The van der Waals surface area contributed by atoms with Crippen LogP contribution in [0.1, 0.15) is 50.4 Å². The zero-order chi connectivity index (χ0) is 15.0. The Hall–Kier alpha value is -1.10.